The second-order valence-corrected chi connectivity index (χ2v) is 6.66. The van der Waals surface area contributed by atoms with Gasteiger partial charge in [0.25, 0.3) is 0 Å². The molecule has 18 heavy (non-hydrogen) atoms. The van der Waals surface area contributed by atoms with E-state index in [1.165, 1.54) is 4.31 Å². The minimum absolute atomic E-state index is 0.00501. The Morgan fingerprint density at radius 1 is 1.22 bits per heavy atom. The predicted molar refractivity (Wildman–Crippen MR) is 68.9 cm³/mol. The summed E-state index contributed by atoms with van der Waals surface area (Å²) in [5, 5.41) is 0. The van der Waals surface area contributed by atoms with Crippen LogP contribution in [-0.2, 0) is 14.8 Å². The quantitative estimate of drug-likeness (QED) is 0.819. The fourth-order valence-electron chi connectivity index (χ4n) is 2.24. The highest BCUT2D eigenvalue weighted by Crippen LogP contribution is 2.23. The van der Waals surface area contributed by atoms with Gasteiger partial charge < -0.3 is 0 Å². The van der Waals surface area contributed by atoms with E-state index in [0.717, 1.165) is 11.1 Å². The Bertz CT molecular complexity index is 578. The van der Waals surface area contributed by atoms with Crippen LogP contribution in [-0.4, -0.2) is 31.6 Å². The van der Waals surface area contributed by atoms with Gasteiger partial charge in [-0.15, -0.1) is 0 Å². The monoisotopic (exact) mass is 267 g/mol. The summed E-state index contributed by atoms with van der Waals surface area (Å²) in [6.45, 7) is 4.15. The lowest BCUT2D eigenvalue weighted by Crippen LogP contribution is -2.40. The summed E-state index contributed by atoms with van der Waals surface area (Å²) in [6.07, 6.45) is 1.10. The summed E-state index contributed by atoms with van der Waals surface area (Å²) in [5.74, 6) is -0.00501. The van der Waals surface area contributed by atoms with Gasteiger partial charge in [-0.2, -0.15) is 4.31 Å². The number of hydrogen-bond donors (Lipinski definition) is 0. The van der Waals surface area contributed by atoms with Crippen LogP contribution in [0, 0.1) is 13.8 Å². The molecule has 1 saturated heterocycles. The lowest BCUT2D eigenvalue weighted by molar-refractivity contribution is -0.120. The Morgan fingerprint density at radius 2 is 1.94 bits per heavy atom. The van der Waals surface area contributed by atoms with Crippen molar-refractivity contribution >= 4 is 15.8 Å². The van der Waals surface area contributed by atoms with E-state index >= 15 is 0 Å². The van der Waals surface area contributed by atoms with Gasteiger partial charge in [-0.05, 0) is 31.9 Å². The van der Waals surface area contributed by atoms with Crippen LogP contribution in [0.4, 0.5) is 0 Å². The molecule has 1 aliphatic rings. The number of benzene rings is 1. The summed E-state index contributed by atoms with van der Waals surface area (Å²) in [6, 6.07) is 5.25. The summed E-state index contributed by atoms with van der Waals surface area (Å²) in [5.41, 5.74) is 1.76. The Labute approximate surface area is 108 Å². The molecule has 2 rings (SSSR count). The second kappa shape index (κ2) is 4.82. The number of carbonyl (C=O) groups excluding carboxylic acids is 1. The molecule has 0 spiro atoms. The molecule has 0 aliphatic carbocycles. The zero-order chi connectivity index (χ0) is 13.3. The number of sulfonamides is 1. The second-order valence-electron chi connectivity index (χ2n) is 4.75. The molecule has 1 heterocycles. The van der Waals surface area contributed by atoms with Crippen LogP contribution in [0.1, 0.15) is 24.0 Å². The summed E-state index contributed by atoms with van der Waals surface area (Å²) in [4.78, 5) is 11.7. The number of piperidine rings is 1. The van der Waals surface area contributed by atoms with Crippen molar-refractivity contribution in [2.75, 3.05) is 13.1 Å². The molecule has 0 N–H and O–H groups in total. The number of ketones is 1. The first kappa shape index (κ1) is 13.2. The standard InChI is InChI=1S/C13H17NO3S/c1-10-5-6-13(11(2)8-10)18(16,17)14-7-3-4-12(15)9-14/h5-6,8H,3-4,7,9H2,1-2H3. The highest BCUT2D eigenvalue weighted by atomic mass is 32.2. The average molecular weight is 267 g/mol. The minimum Gasteiger partial charge on any atom is -0.298 e. The number of Topliss-reactive ketones (excluding diaryl/α,β-unsaturated/α-hetero) is 1. The van der Waals surface area contributed by atoms with E-state index in [1.807, 2.05) is 13.0 Å². The SMILES string of the molecule is Cc1ccc(S(=O)(=O)N2CCCC(=O)C2)c(C)c1. The zero-order valence-electron chi connectivity index (χ0n) is 10.6. The first-order valence-electron chi connectivity index (χ1n) is 6.00. The van der Waals surface area contributed by atoms with Gasteiger partial charge in [0.2, 0.25) is 10.0 Å². The Morgan fingerprint density at radius 3 is 2.56 bits per heavy atom. The summed E-state index contributed by atoms with van der Waals surface area (Å²) in [7, 11) is -3.53. The molecule has 1 aromatic carbocycles. The van der Waals surface area contributed by atoms with Gasteiger partial charge in [0, 0.05) is 13.0 Å². The topological polar surface area (TPSA) is 54.5 Å². The third-order valence-electron chi connectivity index (χ3n) is 3.16. The third kappa shape index (κ3) is 2.47. The highest BCUT2D eigenvalue weighted by molar-refractivity contribution is 7.89. The molecule has 0 bridgehead atoms. The molecule has 0 atom stereocenters. The minimum atomic E-state index is -3.53. The van der Waals surface area contributed by atoms with Crippen LogP contribution in [0.2, 0.25) is 0 Å². The molecule has 1 aliphatic heterocycles. The summed E-state index contributed by atoms with van der Waals surface area (Å²) < 4.78 is 26.2. The lowest BCUT2D eigenvalue weighted by atomic mass is 10.1. The molecule has 4 nitrogen and oxygen atoms in total. The van der Waals surface area contributed by atoms with Crippen molar-refractivity contribution in [3.05, 3.63) is 29.3 Å². The van der Waals surface area contributed by atoms with Gasteiger partial charge in [0.05, 0.1) is 11.4 Å². The van der Waals surface area contributed by atoms with Gasteiger partial charge in [0.15, 0.2) is 0 Å². The molecule has 98 valence electrons. The van der Waals surface area contributed by atoms with Gasteiger partial charge in [0.1, 0.15) is 5.78 Å². The van der Waals surface area contributed by atoms with Gasteiger partial charge >= 0.3 is 0 Å². The molecule has 0 unspecified atom stereocenters. The normalized spacial score (nSPS) is 18.0. The van der Waals surface area contributed by atoms with E-state index < -0.39 is 10.0 Å². The van der Waals surface area contributed by atoms with Gasteiger partial charge in [-0.25, -0.2) is 8.42 Å². The maximum atomic E-state index is 12.4. The Kier molecular flexibility index (Phi) is 3.54. The Balaban J connectivity index is 2.38. The number of nitrogens with zero attached hydrogens (tertiary/aromatic N) is 1. The van der Waals surface area contributed by atoms with Crippen molar-refractivity contribution in [1.29, 1.82) is 0 Å². The maximum absolute atomic E-state index is 12.4. The molecule has 1 aromatic rings. The maximum Gasteiger partial charge on any atom is 0.243 e. The molecule has 0 amide bonds. The van der Waals surface area contributed by atoms with Crippen LogP contribution < -0.4 is 0 Å². The van der Waals surface area contributed by atoms with E-state index in [2.05, 4.69) is 0 Å². The Hall–Kier alpha value is -1.20. The lowest BCUT2D eigenvalue weighted by Gasteiger charge is -2.25. The van der Waals surface area contributed by atoms with E-state index in [-0.39, 0.29) is 12.3 Å². The largest absolute Gasteiger partial charge is 0.298 e. The molecular weight excluding hydrogens is 250 g/mol. The van der Waals surface area contributed by atoms with E-state index in [0.29, 0.717) is 24.3 Å². The number of aryl methyl sites for hydroxylation is 2. The van der Waals surface area contributed by atoms with Crippen LogP contribution >= 0.6 is 0 Å². The molecule has 1 fully saturated rings. The van der Waals surface area contributed by atoms with Crippen molar-refractivity contribution in [3.63, 3.8) is 0 Å². The van der Waals surface area contributed by atoms with Gasteiger partial charge in [-0.3, -0.25) is 4.79 Å². The highest BCUT2D eigenvalue weighted by Gasteiger charge is 2.30. The number of rotatable bonds is 2. The smallest absolute Gasteiger partial charge is 0.243 e. The number of carbonyl (C=O) groups is 1. The molecular formula is C13H17NO3S. The van der Waals surface area contributed by atoms with Crippen LogP contribution in [0.5, 0.6) is 0 Å². The van der Waals surface area contributed by atoms with Gasteiger partial charge in [-0.1, -0.05) is 17.7 Å². The van der Waals surface area contributed by atoms with E-state index in [9.17, 15) is 13.2 Å². The molecule has 0 aromatic heterocycles. The van der Waals surface area contributed by atoms with Crippen molar-refractivity contribution in [2.24, 2.45) is 0 Å². The van der Waals surface area contributed by atoms with Crippen molar-refractivity contribution in [2.45, 2.75) is 31.6 Å². The van der Waals surface area contributed by atoms with Crippen LogP contribution in [0.15, 0.2) is 23.1 Å². The number of hydrogen-bond acceptors (Lipinski definition) is 3. The van der Waals surface area contributed by atoms with E-state index in [1.54, 1.807) is 19.1 Å². The fraction of sp³-hybridized carbons (Fsp3) is 0.462. The van der Waals surface area contributed by atoms with Crippen molar-refractivity contribution in [3.8, 4) is 0 Å². The zero-order valence-corrected chi connectivity index (χ0v) is 11.5. The van der Waals surface area contributed by atoms with Crippen LogP contribution in [0.3, 0.4) is 0 Å². The average Bonchev–Trinajstić information content (AvgIpc) is 2.28. The van der Waals surface area contributed by atoms with E-state index in [4.69, 9.17) is 0 Å². The van der Waals surface area contributed by atoms with Crippen molar-refractivity contribution < 1.29 is 13.2 Å². The molecule has 0 radical (unpaired) electrons. The van der Waals surface area contributed by atoms with Crippen LogP contribution in [0.25, 0.3) is 0 Å². The molecule has 5 heteroatoms. The first-order valence-corrected chi connectivity index (χ1v) is 7.44. The summed E-state index contributed by atoms with van der Waals surface area (Å²) >= 11 is 0. The molecule has 0 saturated carbocycles. The fourth-order valence-corrected chi connectivity index (χ4v) is 3.91. The van der Waals surface area contributed by atoms with Crippen molar-refractivity contribution in [1.82, 2.24) is 4.31 Å². The third-order valence-corrected chi connectivity index (χ3v) is 5.17. The first-order chi connectivity index (χ1) is 8.41. The predicted octanol–water partition coefficient (Wildman–Crippen LogP) is 1.66.